The van der Waals surface area contributed by atoms with Gasteiger partial charge in [0, 0.05) is 23.6 Å². The van der Waals surface area contributed by atoms with Crippen LogP contribution in [-0.4, -0.2) is 17.8 Å². The Bertz CT molecular complexity index is 875. The molecule has 148 valence electrons. The molecule has 0 saturated carbocycles. The van der Waals surface area contributed by atoms with Crippen molar-refractivity contribution in [3.63, 3.8) is 0 Å². The maximum Gasteiger partial charge on any atom is 0.138 e. The molecule has 3 atom stereocenters. The van der Waals surface area contributed by atoms with Crippen molar-refractivity contribution in [1.29, 1.82) is 0 Å². The zero-order valence-corrected chi connectivity index (χ0v) is 16.4. The van der Waals surface area contributed by atoms with Gasteiger partial charge in [-0.15, -0.1) is 0 Å². The summed E-state index contributed by atoms with van der Waals surface area (Å²) in [7, 11) is 0. The molecule has 5 rings (SSSR count). The third-order valence-electron chi connectivity index (χ3n) is 6.30. The maximum absolute atomic E-state index is 9.84. The van der Waals surface area contributed by atoms with E-state index in [0.717, 1.165) is 41.2 Å². The molecule has 0 aromatic heterocycles. The van der Waals surface area contributed by atoms with E-state index in [4.69, 9.17) is 14.2 Å². The number of phenolic OH excluding ortho intramolecular Hbond substituents is 1. The molecule has 0 radical (unpaired) electrons. The highest BCUT2D eigenvalue weighted by Gasteiger charge is 2.42. The summed E-state index contributed by atoms with van der Waals surface area (Å²) in [5, 5.41) is 9.84. The molecule has 28 heavy (non-hydrogen) atoms. The average Bonchev–Trinajstić information content (AvgIpc) is 3.26. The third-order valence-corrected chi connectivity index (χ3v) is 6.30. The Morgan fingerprint density at radius 1 is 0.929 bits per heavy atom. The summed E-state index contributed by atoms with van der Waals surface area (Å²) in [4.78, 5) is 0. The summed E-state index contributed by atoms with van der Waals surface area (Å²) in [5.41, 5.74) is 3.42. The molecule has 3 aliphatic heterocycles. The molecule has 0 aliphatic carbocycles. The van der Waals surface area contributed by atoms with Gasteiger partial charge >= 0.3 is 0 Å². The van der Waals surface area contributed by atoms with Gasteiger partial charge in [0.05, 0.1) is 12.5 Å². The predicted molar refractivity (Wildman–Crippen MR) is 108 cm³/mol. The second-order valence-electron chi connectivity index (χ2n) is 8.32. The lowest BCUT2D eigenvalue weighted by Crippen LogP contribution is -2.23. The Balaban J connectivity index is 1.31. The Kier molecular flexibility index (Phi) is 4.58. The van der Waals surface area contributed by atoms with Crippen molar-refractivity contribution < 1.29 is 19.3 Å². The maximum atomic E-state index is 9.84. The molecule has 1 N–H and O–H groups in total. The minimum absolute atomic E-state index is 0.0426. The van der Waals surface area contributed by atoms with Crippen molar-refractivity contribution in [2.24, 2.45) is 0 Å². The van der Waals surface area contributed by atoms with Crippen molar-refractivity contribution in [2.45, 2.75) is 70.0 Å². The van der Waals surface area contributed by atoms with Gasteiger partial charge in [0.25, 0.3) is 0 Å². The lowest BCUT2D eigenvalue weighted by molar-refractivity contribution is 0.139. The lowest BCUT2D eigenvalue weighted by atomic mass is 9.88. The van der Waals surface area contributed by atoms with Crippen LogP contribution in [0.4, 0.5) is 0 Å². The van der Waals surface area contributed by atoms with Gasteiger partial charge in [-0.05, 0) is 42.7 Å². The van der Waals surface area contributed by atoms with Crippen molar-refractivity contribution in [1.82, 2.24) is 0 Å². The van der Waals surface area contributed by atoms with Crippen LogP contribution >= 0.6 is 0 Å². The number of unbranched alkanes of at least 4 members (excludes halogenated alkanes) is 4. The summed E-state index contributed by atoms with van der Waals surface area (Å²) in [6.45, 7) is 2.81. The monoisotopic (exact) mass is 380 g/mol. The van der Waals surface area contributed by atoms with E-state index in [1.807, 2.05) is 6.07 Å². The van der Waals surface area contributed by atoms with Crippen LogP contribution in [0.3, 0.4) is 0 Å². The highest BCUT2D eigenvalue weighted by molar-refractivity contribution is 5.55. The standard InChI is InChI=1S/C24H28O4/c1-2-3-4-5-6-7-17-10-15-11-19-23(13-22(15)27-17)26-14-20-18-12-16(25)8-9-21(18)28-24(19)20/h8-9,11-13,17,20,24-25H,2-7,10,14H2,1H3/t17-,20-,24-/m0/s1. The topological polar surface area (TPSA) is 47.9 Å². The van der Waals surface area contributed by atoms with E-state index in [-0.39, 0.29) is 23.9 Å². The van der Waals surface area contributed by atoms with Gasteiger partial charge in [0.1, 0.15) is 35.2 Å². The van der Waals surface area contributed by atoms with Gasteiger partial charge in [0.15, 0.2) is 0 Å². The lowest BCUT2D eigenvalue weighted by Gasteiger charge is -2.28. The minimum Gasteiger partial charge on any atom is -0.508 e. The zero-order chi connectivity index (χ0) is 19.1. The molecular weight excluding hydrogens is 352 g/mol. The van der Waals surface area contributed by atoms with E-state index in [1.165, 1.54) is 37.7 Å². The highest BCUT2D eigenvalue weighted by atomic mass is 16.5. The normalized spacial score (nSPS) is 23.7. The first-order chi connectivity index (χ1) is 13.7. The van der Waals surface area contributed by atoms with Gasteiger partial charge in [-0.3, -0.25) is 0 Å². The van der Waals surface area contributed by atoms with Crippen molar-refractivity contribution in [3.8, 4) is 23.0 Å². The largest absolute Gasteiger partial charge is 0.508 e. The summed E-state index contributed by atoms with van der Waals surface area (Å²) >= 11 is 0. The van der Waals surface area contributed by atoms with Crippen LogP contribution in [0.25, 0.3) is 0 Å². The van der Waals surface area contributed by atoms with Crippen LogP contribution in [-0.2, 0) is 6.42 Å². The molecule has 0 unspecified atom stereocenters. The predicted octanol–water partition coefficient (Wildman–Crippen LogP) is 5.67. The number of benzene rings is 2. The fraction of sp³-hybridized carbons (Fsp3) is 0.500. The smallest absolute Gasteiger partial charge is 0.138 e. The van der Waals surface area contributed by atoms with Crippen LogP contribution in [0, 0.1) is 0 Å². The number of rotatable bonds is 6. The van der Waals surface area contributed by atoms with Crippen LogP contribution in [0.1, 0.15) is 74.2 Å². The molecule has 0 amide bonds. The van der Waals surface area contributed by atoms with Crippen LogP contribution < -0.4 is 14.2 Å². The summed E-state index contributed by atoms with van der Waals surface area (Å²) in [6, 6.07) is 9.62. The fourth-order valence-corrected chi connectivity index (χ4v) is 4.80. The minimum atomic E-state index is -0.0426. The van der Waals surface area contributed by atoms with Gasteiger partial charge in [0.2, 0.25) is 0 Å². The van der Waals surface area contributed by atoms with Crippen LogP contribution in [0.2, 0.25) is 0 Å². The second-order valence-corrected chi connectivity index (χ2v) is 8.32. The Morgan fingerprint density at radius 3 is 2.71 bits per heavy atom. The SMILES string of the molecule is CCCCCCC[C@H]1Cc2cc3c(cc2O1)OC[C@H]1c2cc(O)ccc2O[C@@H]31. The molecule has 2 aromatic rings. The molecule has 0 spiro atoms. The van der Waals surface area contributed by atoms with E-state index < -0.39 is 0 Å². The van der Waals surface area contributed by atoms with Crippen molar-refractivity contribution in [3.05, 3.63) is 47.0 Å². The number of hydrogen-bond acceptors (Lipinski definition) is 4. The summed E-state index contributed by atoms with van der Waals surface area (Å²) < 4.78 is 18.5. The third kappa shape index (κ3) is 3.09. The molecule has 4 nitrogen and oxygen atoms in total. The molecule has 3 heterocycles. The van der Waals surface area contributed by atoms with E-state index in [2.05, 4.69) is 19.1 Å². The second kappa shape index (κ2) is 7.23. The zero-order valence-electron chi connectivity index (χ0n) is 16.4. The number of aromatic hydroxyl groups is 1. The first kappa shape index (κ1) is 17.7. The molecule has 4 heteroatoms. The van der Waals surface area contributed by atoms with Gasteiger partial charge in [-0.2, -0.15) is 0 Å². The molecule has 0 bridgehead atoms. The quantitative estimate of drug-likeness (QED) is 0.656. The molecule has 2 aromatic carbocycles. The van der Waals surface area contributed by atoms with Crippen LogP contribution in [0.15, 0.2) is 30.3 Å². The first-order valence-corrected chi connectivity index (χ1v) is 10.7. The fourth-order valence-electron chi connectivity index (χ4n) is 4.80. The van der Waals surface area contributed by atoms with E-state index in [1.54, 1.807) is 12.1 Å². The van der Waals surface area contributed by atoms with Gasteiger partial charge in [-0.1, -0.05) is 32.6 Å². The number of hydrogen-bond donors (Lipinski definition) is 1. The van der Waals surface area contributed by atoms with Crippen molar-refractivity contribution in [2.75, 3.05) is 6.61 Å². The van der Waals surface area contributed by atoms with Gasteiger partial charge in [-0.25, -0.2) is 0 Å². The highest BCUT2D eigenvalue weighted by Crippen LogP contribution is 2.53. The average molecular weight is 380 g/mol. The Labute approximate surface area is 166 Å². The van der Waals surface area contributed by atoms with Crippen molar-refractivity contribution >= 4 is 0 Å². The number of fused-ring (bicyclic) bond motifs is 6. The summed E-state index contributed by atoms with van der Waals surface area (Å²) in [6.07, 6.45) is 8.82. The molecule has 0 saturated heterocycles. The van der Waals surface area contributed by atoms with E-state index >= 15 is 0 Å². The Hall–Kier alpha value is -2.36. The molecule has 3 aliphatic rings. The molecular formula is C24H28O4. The van der Waals surface area contributed by atoms with E-state index in [9.17, 15) is 5.11 Å². The van der Waals surface area contributed by atoms with Crippen LogP contribution in [0.5, 0.6) is 23.0 Å². The summed E-state index contributed by atoms with van der Waals surface area (Å²) in [5.74, 6) is 3.11. The first-order valence-electron chi connectivity index (χ1n) is 10.7. The number of phenols is 1. The van der Waals surface area contributed by atoms with E-state index in [0.29, 0.717) is 6.61 Å². The van der Waals surface area contributed by atoms with Gasteiger partial charge < -0.3 is 19.3 Å². The Morgan fingerprint density at radius 2 is 1.82 bits per heavy atom. The number of ether oxygens (including phenoxy) is 3. The molecule has 0 fully saturated rings.